The van der Waals surface area contributed by atoms with Crippen LogP contribution in [0.25, 0.3) is 11.3 Å². The number of nitrogens with zero attached hydrogens (tertiary/aromatic N) is 1. The van der Waals surface area contributed by atoms with E-state index in [4.69, 9.17) is 16.0 Å². The zero-order valence-corrected chi connectivity index (χ0v) is 17.6. The lowest BCUT2D eigenvalue weighted by Gasteiger charge is -2.00. The Morgan fingerprint density at radius 1 is 1.07 bits per heavy atom. The molecule has 140 valence electrons. The monoisotopic (exact) mass is 472 g/mol. The molecule has 1 amide bonds. The number of amides is 1. The number of rotatable bonds is 5. The molecule has 0 radical (unpaired) electrons. The molecule has 0 spiro atoms. The summed E-state index contributed by atoms with van der Waals surface area (Å²) >= 11 is 10.8. The van der Waals surface area contributed by atoms with Crippen molar-refractivity contribution in [2.24, 2.45) is 0 Å². The molecule has 7 heteroatoms. The van der Waals surface area contributed by atoms with Crippen molar-refractivity contribution in [3.8, 4) is 11.3 Å². The fourth-order valence-corrected chi connectivity index (χ4v) is 3.87. The second-order valence-electron chi connectivity index (χ2n) is 6.06. The molecule has 2 aromatic carbocycles. The van der Waals surface area contributed by atoms with E-state index in [1.807, 2.05) is 24.3 Å². The van der Waals surface area contributed by atoms with Crippen molar-refractivity contribution >= 4 is 49.9 Å². The van der Waals surface area contributed by atoms with Gasteiger partial charge in [-0.1, -0.05) is 39.7 Å². The SMILES string of the molecule is O=C(Nc1ncc(Cc2ccc(Br)cc2)s1)c1ccc(-c2ccc(Cl)cc2)o1. The number of hydrogen-bond donors (Lipinski definition) is 1. The number of furan rings is 1. The summed E-state index contributed by atoms with van der Waals surface area (Å²) < 4.78 is 6.72. The van der Waals surface area contributed by atoms with Crippen molar-refractivity contribution in [2.75, 3.05) is 5.32 Å². The Balaban J connectivity index is 1.42. The average molecular weight is 474 g/mol. The van der Waals surface area contributed by atoms with Crippen LogP contribution in [0.4, 0.5) is 5.13 Å². The van der Waals surface area contributed by atoms with Crippen molar-refractivity contribution in [2.45, 2.75) is 6.42 Å². The molecule has 2 heterocycles. The number of anilines is 1. The molecule has 0 aliphatic heterocycles. The molecule has 0 fully saturated rings. The fourth-order valence-electron chi connectivity index (χ4n) is 2.64. The van der Waals surface area contributed by atoms with Crippen LogP contribution in [-0.2, 0) is 6.42 Å². The van der Waals surface area contributed by atoms with Crippen LogP contribution in [-0.4, -0.2) is 10.9 Å². The Morgan fingerprint density at radius 3 is 2.57 bits per heavy atom. The van der Waals surface area contributed by atoms with Crippen LogP contribution in [0.3, 0.4) is 0 Å². The minimum atomic E-state index is -0.329. The van der Waals surface area contributed by atoms with Gasteiger partial charge in [-0.15, -0.1) is 11.3 Å². The van der Waals surface area contributed by atoms with Gasteiger partial charge in [0.1, 0.15) is 5.76 Å². The van der Waals surface area contributed by atoms with Crippen molar-refractivity contribution in [3.05, 3.63) is 92.6 Å². The number of thiazole rings is 1. The fraction of sp³-hybridized carbons (Fsp3) is 0.0476. The van der Waals surface area contributed by atoms with E-state index < -0.39 is 0 Å². The van der Waals surface area contributed by atoms with Crippen molar-refractivity contribution in [3.63, 3.8) is 0 Å². The summed E-state index contributed by atoms with van der Waals surface area (Å²) in [5, 5.41) is 3.99. The van der Waals surface area contributed by atoms with E-state index in [0.717, 1.165) is 21.3 Å². The van der Waals surface area contributed by atoms with Gasteiger partial charge in [-0.25, -0.2) is 4.98 Å². The quantitative estimate of drug-likeness (QED) is 0.352. The molecule has 0 unspecified atom stereocenters. The minimum Gasteiger partial charge on any atom is -0.451 e. The molecule has 0 aliphatic rings. The van der Waals surface area contributed by atoms with Gasteiger partial charge in [0, 0.05) is 32.6 Å². The number of nitrogens with one attached hydrogen (secondary N) is 1. The molecule has 2 aromatic heterocycles. The van der Waals surface area contributed by atoms with Gasteiger partial charge in [-0.3, -0.25) is 10.1 Å². The van der Waals surface area contributed by atoms with Crippen LogP contribution >= 0.6 is 38.9 Å². The summed E-state index contributed by atoms with van der Waals surface area (Å²) in [4.78, 5) is 17.8. The first-order chi connectivity index (χ1) is 13.6. The average Bonchev–Trinajstić information content (AvgIpc) is 3.34. The van der Waals surface area contributed by atoms with Crippen LogP contribution in [0.15, 0.2) is 75.8 Å². The molecule has 0 aliphatic carbocycles. The standard InChI is InChI=1S/C21H14BrClN2O2S/c22-15-5-1-13(2-6-15)11-17-12-24-21(28-17)25-20(26)19-10-9-18(27-19)14-3-7-16(23)8-4-14/h1-10,12H,11H2,(H,24,25,26). The van der Waals surface area contributed by atoms with Crippen LogP contribution in [0.2, 0.25) is 5.02 Å². The molecular weight excluding hydrogens is 460 g/mol. The summed E-state index contributed by atoms with van der Waals surface area (Å²) in [5.74, 6) is 0.510. The second kappa shape index (κ2) is 8.31. The van der Waals surface area contributed by atoms with E-state index in [0.29, 0.717) is 15.9 Å². The van der Waals surface area contributed by atoms with Gasteiger partial charge in [-0.2, -0.15) is 0 Å². The topological polar surface area (TPSA) is 55.1 Å². The lowest BCUT2D eigenvalue weighted by molar-refractivity contribution is 0.0997. The molecule has 28 heavy (non-hydrogen) atoms. The highest BCUT2D eigenvalue weighted by atomic mass is 79.9. The molecule has 1 N–H and O–H groups in total. The first-order valence-electron chi connectivity index (χ1n) is 8.43. The molecule has 0 saturated heterocycles. The van der Waals surface area contributed by atoms with E-state index >= 15 is 0 Å². The summed E-state index contributed by atoms with van der Waals surface area (Å²) in [6.45, 7) is 0. The van der Waals surface area contributed by atoms with E-state index in [1.165, 1.54) is 16.9 Å². The Labute approximate surface area is 179 Å². The molecule has 0 saturated carbocycles. The minimum absolute atomic E-state index is 0.231. The van der Waals surface area contributed by atoms with Crippen molar-refractivity contribution < 1.29 is 9.21 Å². The van der Waals surface area contributed by atoms with Gasteiger partial charge >= 0.3 is 0 Å². The summed E-state index contributed by atoms with van der Waals surface area (Å²) in [6, 6.07) is 18.8. The lowest BCUT2D eigenvalue weighted by Crippen LogP contribution is -2.10. The van der Waals surface area contributed by atoms with E-state index in [2.05, 4.69) is 38.4 Å². The Morgan fingerprint density at radius 2 is 1.82 bits per heavy atom. The Hall–Kier alpha value is -2.41. The highest BCUT2D eigenvalue weighted by Gasteiger charge is 2.14. The van der Waals surface area contributed by atoms with Crippen LogP contribution in [0, 0.1) is 0 Å². The van der Waals surface area contributed by atoms with Gasteiger partial charge < -0.3 is 4.42 Å². The third-order valence-corrected chi connectivity index (χ3v) is 5.72. The first kappa shape index (κ1) is 18.9. The zero-order valence-electron chi connectivity index (χ0n) is 14.5. The number of aromatic nitrogens is 1. The van der Waals surface area contributed by atoms with E-state index in [-0.39, 0.29) is 11.7 Å². The van der Waals surface area contributed by atoms with Crippen LogP contribution in [0.1, 0.15) is 21.0 Å². The smallest absolute Gasteiger partial charge is 0.293 e. The van der Waals surface area contributed by atoms with Crippen LogP contribution in [0.5, 0.6) is 0 Å². The maximum atomic E-state index is 12.5. The number of carbonyl (C=O) groups is 1. The van der Waals surface area contributed by atoms with Gasteiger partial charge in [0.15, 0.2) is 10.9 Å². The lowest BCUT2D eigenvalue weighted by atomic mass is 10.1. The predicted octanol–water partition coefficient (Wildman–Crippen LogP) is 6.66. The summed E-state index contributed by atoms with van der Waals surface area (Å²) in [5.41, 5.74) is 2.04. The van der Waals surface area contributed by atoms with Gasteiger partial charge in [0.05, 0.1) is 0 Å². The first-order valence-corrected chi connectivity index (χ1v) is 10.4. The maximum absolute atomic E-state index is 12.5. The number of carbonyl (C=O) groups excluding carboxylic acids is 1. The molecule has 4 rings (SSSR count). The molecule has 0 atom stereocenters. The molecule has 4 aromatic rings. The number of benzene rings is 2. The zero-order chi connectivity index (χ0) is 19.5. The number of halogens is 2. The normalized spacial score (nSPS) is 10.8. The highest BCUT2D eigenvalue weighted by molar-refractivity contribution is 9.10. The van der Waals surface area contributed by atoms with E-state index in [1.54, 1.807) is 30.5 Å². The maximum Gasteiger partial charge on any atom is 0.293 e. The second-order valence-corrected chi connectivity index (χ2v) is 8.53. The Kier molecular flexibility index (Phi) is 5.62. The third kappa shape index (κ3) is 4.52. The highest BCUT2D eigenvalue weighted by Crippen LogP contribution is 2.26. The number of hydrogen-bond acceptors (Lipinski definition) is 4. The molecule has 4 nitrogen and oxygen atoms in total. The summed E-state index contributed by atoms with van der Waals surface area (Å²) in [6.07, 6.45) is 2.55. The van der Waals surface area contributed by atoms with E-state index in [9.17, 15) is 4.79 Å². The molecular formula is C21H14BrClN2O2S. The van der Waals surface area contributed by atoms with Gasteiger partial charge in [0.25, 0.3) is 5.91 Å². The van der Waals surface area contributed by atoms with Gasteiger partial charge in [0.2, 0.25) is 0 Å². The van der Waals surface area contributed by atoms with Crippen molar-refractivity contribution in [1.29, 1.82) is 0 Å². The predicted molar refractivity (Wildman–Crippen MR) is 116 cm³/mol. The Bertz CT molecular complexity index is 1100. The molecule has 0 bridgehead atoms. The van der Waals surface area contributed by atoms with Crippen LogP contribution < -0.4 is 5.32 Å². The largest absolute Gasteiger partial charge is 0.451 e. The van der Waals surface area contributed by atoms with Crippen molar-refractivity contribution in [1.82, 2.24) is 4.98 Å². The third-order valence-electron chi connectivity index (χ3n) is 4.02. The summed E-state index contributed by atoms with van der Waals surface area (Å²) in [7, 11) is 0. The van der Waals surface area contributed by atoms with Gasteiger partial charge in [-0.05, 0) is 54.1 Å².